The van der Waals surface area contributed by atoms with Gasteiger partial charge in [-0.2, -0.15) is 0 Å². The van der Waals surface area contributed by atoms with Crippen molar-refractivity contribution in [2.45, 2.75) is 18.4 Å². The first-order valence-corrected chi connectivity index (χ1v) is 5.01. The van der Waals surface area contributed by atoms with Gasteiger partial charge in [-0.05, 0) is 12.8 Å². The molecular formula is C11H15NO4. The van der Waals surface area contributed by atoms with Crippen molar-refractivity contribution in [3.8, 4) is 0 Å². The minimum atomic E-state index is -1.32. The summed E-state index contributed by atoms with van der Waals surface area (Å²) in [6.45, 7) is 7.36. The number of carboxylic acid groups (broad SMARTS) is 1. The highest BCUT2D eigenvalue weighted by molar-refractivity contribution is 5.87. The average molecular weight is 225 g/mol. The standard InChI is InChI=1S/C11H15NO4/c1-3-8-16-10(15)12-7-5-6-11(12,4-2)9(13)14/h3-4H,1-2,5-8H2,(H,13,14)/t11-/m1/s1. The molecule has 0 aliphatic carbocycles. The summed E-state index contributed by atoms with van der Waals surface area (Å²) in [7, 11) is 0. The van der Waals surface area contributed by atoms with E-state index in [-0.39, 0.29) is 6.61 Å². The van der Waals surface area contributed by atoms with Gasteiger partial charge >= 0.3 is 12.1 Å². The van der Waals surface area contributed by atoms with Crippen LogP contribution < -0.4 is 0 Å². The summed E-state index contributed by atoms with van der Waals surface area (Å²) in [6.07, 6.45) is 3.08. The smallest absolute Gasteiger partial charge is 0.411 e. The third-order valence-electron chi connectivity index (χ3n) is 2.67. The summed E-state index contributed by atoms with van der Waals surface area (Å²) in [4.78, 5) is 24.0. The Morgan fingerprint density at radius 1 is 1.50 bits per heavy atom. The fourth-order valence-corrected chi connectivity index (χ4v) is 1.83. The van der Waals surface area contributed by atoms with E-state index in [0.717, 1.165) is 0 Å². The van der Waals surface area contributed by atoms with Crippen molar-refractivity contribution in [3.05, 3.63) is 25.3 Å². The molecule has 1 heterocycles. The van der Waals surface area contributed by atoms with Crippen molar-refractivity contribution in [1.29, 1.82) is 0 Å². The highest BCUT2D eigenvalue weighted by Crippen LogP contribution is 2.31. The Morgan fingerprint density at radius 3 is 2.69 bits per heavy atom. The first-order valence-electron chi connectivity index (χ1n) is 5.01. The van der Waals surface area contributed by atoms with Crippen molar-refractivity contribution in [3.63, 3.8) is 0 Å². The van der Waals surface area contributed by atoms with Gasteiger partial charge in [0.05, 0.1) is 0 Å². The van der Waals surface area contributed by atoms with Gasteiger partial charge < -0.3 is 9.84 Å². The molecule has 0 bridgehead atoms. The van der Waals surface area contributed by atoms with Crippen LogP contribution in [0.2, 0.25) is 0 Å². The molecule has 0 spiro atoms. The van der Waals surface area contributed by atoms with Gasteiger partial charge in [-0.15, -0.1) is 6.58 Å². The number of likely N-dealkylation sites (tertiary alicyclic amines) is 1. The quantitative estimate of drug-likeness (QED) is 0.735. The molecule has 1 atom stereocenters. The Labute approximate surface area is 94.0 Å². The van der Waals surface area contributed by atoms with Gasteiger partial charge in [0.25, 0.3) is 0 Å². The number of aliphatic carboxylic acids is 1. The zero-order valence-corrected chi connectivity index (χ0v) is 9.02. The van der Waals surface area contributed by atoms with E-state index in [1.165, 1.54) is 17.1 Å². The fraction of sp³-hybridized carbons (Fsp3) is 0.455. The summed E-state index contributed by atoms with van der Waals surface area (Å²) >= 11 is 0. The third kappa shape index (κ3) is 1.93. The van der Waals surface area contributed by atoms with Crippen LogP contribution in [-0.4, -0.2) is 40.8 Å². The lowest BCUT2D eigenvalue weighted by Gasteiger charge is -2.30. The minimum absolute atomic E-state index is 0.0716. The zero-order chi connectivity index (χ0) is 12.2. The Bertz CT molecular complexity index is 326. The number of carboxylic acids is 1. The lowest BCUT2D eigenvalue weighted by molar-refractivity contribution is -0.145. The van der Waals surface area contributed by atoms with E-state index in [1.54, 1.807) is 0 Å². The number of carbonyl (C=O) groups is 2. The third-order valence-corrected chi connectivity index (χ3v) is 2.67. The predicted molar refractivity (Wildman–Crippen MR) is 58.0 cm³/mol. The molecule has 0 radical (unpaired) electrons. The van der Waals surface area contributed by atoms with Crippen LogP contribution in [-0.2, 0) is 9.53 Å². The van der Waals surface area contributed by atoms with Gasteiger partial charge in [-0.25, -0.2) is 9.59 Å². The van der Waals surface area contributed by atoms with E-state index >= 15 is 0 Å². The Hall–Kier alpha value is -1.78. The molecule has 5 heteroatoms. The summed E-state index contributed by atoms with van der Waals surface area (Å²) in [5.74, 6) is -1.07. The molecule has 88 valence electrons. The largest absolute Gasteiger partial charge is 0.479 e. The van der Waals surface area contributed by atoms with Crippen LogP contribution in [0.1, 0.15) is 12.8 Å². The fourth-order valence-electron chi connectivity index (χ4n) is 1.83. The highest BCUT2D eigenvalue weighted by Gasteiger charge is 2.48. The van der Waals surface area contributed by atoms with Crippen molar-refractivity contribution >= 4 is 12.1 Å². The van der Waals surface area contributed by atoms with E-state index < -0.39 is 17.6 Å². The number of carbonyl (C=O) groups excluding carboxylic acids is 1. The minimum Gasteiger partial charge on any atom is -0.479 e. The van der Waals surface area contributed by atoms with Crippen LogP contribution >= 0.6 is 0 Å². The highest BCUT2D eigenvalue weighted by atomic mass is 16.6. The van der Waals surface area contributed by atoms with Gasteiger partial charge in [-0.1, -0.05) is 18.7 Å². The van der Waals surface area contributed by atoms with E-state index in [2.05, 4.69) is 13.2 Å². The van der Waals surface area contributed by atoms with Gasteiger partial charge in [0.2, 0.25) is 0 Å². The molecule has 0 aromatic rings. The molecule has 16 heavy (non-hydrogen) atoms. The Morgan fingerprint density at radius 2 is 2.19 bits per heavy atom. The van der Waals surface area contributed by atoms with E-state index in [4.69, 9.17) is 9.84 Å². The van der Waals surface area contributed by atoms with E-state index in [1.807, 2.05) is 0 Å². The molecule has 1 N–H and O–H groups in total. The Kier molecular flexibility index (Phi) is 3.71. The predicted octanol–water partition coefficient (Wildman–Crippen LogP) is 1.41. The molecule has 1 aliphatic rings. The average Bonchev–Trinajstić information content (AvgIpc) is 2.70. The van der Waals surface area contributed by atoms with Crippen molar-refractivity contribution < 1.29 is 19.4 Å². The summed E-state index contributed by atoms with van der Waals surface area (Å²) in [5, 5.41) is 9.17. The molecule has 0 unspecified atom stereocenters. The van der Waals surface area contributed by atoms with E-state index in [9.17, 15) is 9.59 Å². The van der Waals surface area contributed by atoms with Gasteiger partial charge in [0.1, 0.15) is 6.61 Å². The van der Waals surface area contributed by atoms with Crippen LogP contribution in [0.5, 0.6) is 0 Å². The second-order valence-corrected chi connectivity index (χ2v) is 3.55. The van der Waals surface area contributed by atoms with Crippen molar-refractivity contribution in [2.24, 2.45) is 0 Å². The molecular weight excluding hydrogens is 210 g/mol. The van der Waals surface area contributed by atoms with Gasteiger partial charge in [0.15, 0.2) is 5.54 Å². The first kappa shape index (κ1) is 12.3. The first-order chi connectivity index (χ1) is 7.58. The number of rotatable bonds is 4. The molecule has 1 amide bonds. The molecule has 0 aromatic carbocycles. The summed E-state index contributed by atoms with van der Waals surface area (Å²) in [6, 6.07) is 0. The lowest BCUT2D eigenvalue weighted by Crippen LogP contribution is -2.51. The summed E-state index contributed by atoms with van der Waals surface area (Å²) < 4.78 is 4.84. The van der Waals surface area contributed by atoms with Crippen molar-refractivity contribution in [2.75, 3.05) is 13.2 Å². The summed E-state index contributed by atoms with van der Waals surface area (Å²) in [5.41, 5.74) is -1.32. The molecule has 1 rings (SSSR count). The molecule has 1 aliphatic heterocycles. The monoisotopic (exact) mass is 225 g/mol. The van der Waals surface area contributed by atoms with Gasteiger partial charge in [0, 0.05) is 6.54 Å². The normalized spacial score (nSPS) is 23.9. The number of amides is 1. The maximum absolute atomic E-state index is 11.6. The number of nitrogens with zero attached hydrogens (tertiary/aromatic N) is 1. The Balaban J connectivity index is 2.85. The molecule has 5 nitrogen and oxygen atoms in total. The van der Waals surface area contributed by atoms with E-state index in [0.29, 0.717) is 19.4 Å². The molecule has 1 saturated heterocycles. The van der Waals surface area contributed by atoms with Crippen LogP contribution in [0.15, 0.2) is 25.3 Å². The molecule has 0 aromatic heterocycles. The maximum atomic E-state index is 11.6. The van der Waals surface area contributed by atoms with Crippen LogP contribution in [0.4, 0.5) is 4.79 Å². The van der Waals surface area contributed by atoms with Crippen LogP contribution in [0, 0.1) is 0 Å². The number of hydrogen-bond donors (Lipinski definition) is 1. The van der Waals surface area contributed by atoms with Crippen LogP contribution in [0.25, 0.3) is 0 Å². The lowest BCUT2D eigenvalue weighted by atomic mass is 9.97. The van der Waals surface area contributed by atoms with Crippen LogP contribution in [0.3, 0.4) is 0 Å². The number of ether oxygens (including phenoxy) is 1. The second-order valence-electron chi connectivity index (χ2n) is 3.55. The van der Waals surface area contributed by atoms with Gasteiger partial charge in [-0.3, -0.25) is 4.90 Å². The second kappa shape index (κ2) is 4.83. The molecule has 1 fully saturated rings. The topological polar surface area (TPSA) is 66.8 Å². The maximum Gasteiger partial charge on any atom is 0.411 e. The molecule has 0 saturated carbocycles. The number of hydrogen-bond acceptors (Lipinski definition) is 3. The van der Waals surface area contributed by atoms with Crippen molar-refractivity contribution in [1.82, 2.24) is 4.90 Å². The SMILES string of the molecule is C=CCOC(=O)N1CCC[C@]1(C=C)C(=O)O. The zero-order valence-electron chi connectivity index (χ0n) is 9.02.